The van der Waals surface area contributed by atoms with Crippen molar-refractivity contribution in [3.05, 3.63) is 77.3 Å². The van der Waals surface area contributed by atoms with Crippen molar-refractivity contribution in [2.45, 2.75) is 24.9 Å². The van der Waals surface area contributed by atoms with Gasteiger partial charge in [-0.05, 0) is 43.2 Å². The van der Waals surface area contributed by atoms with E-state index in [1.54, 1.807) is 0 Å². The van der Waals surface area contributed by atoms with Gasteiger partial charge in [0.05, 0.1) is 17.4 Å². The molecule has 3 rings (SSSR count). The molecule has 0 unspecified atom stereocenters. The van der Waals surface area contributed by atoms with Crippen molar-refractivity contribution >= 4 is 11.6 Å². The number of halogens is 5. The van der Waals surface area contributed by atoms with Gasteiger partial charge in [0, 0.05) is 30.4 Å². The lowest BCUT2D eigenvalue weighted by molar-refractivity contribution is -0.00882. The Labute approximate surface area is 169 Å². The number of aliphatic hydroxyl groups is 1. The van der Waals surface area contributed by atoms with E-state index < -0.39 is 46.6 Å². The summed E-state index contributed by atoms with van der Waals surface area (Å²) in [4.78, 5) is 13.6. The fourth-order valence-electron chi connectivity index (χ4n) is 3.17. The Kier molecular flexibility index (Phi) is 6.12. The Morgan fingerprint density at radius 2 is 1.67 bits per heavy atom. The van der Waals surface area contributed by atoms with Crippen molar-refractivity contribution in [2.24, 2.45) is 0 Å². The predicted octanol–water partition coefficient (Wildman–Crippen LogP) is 4.42. The number of allylic oxidation sites excluding steroid dienone is 1. The quantitative estimate of drug-likeness (QED) is 0.696. The van der Waals surface area contributed by atoms with Gasteiger partial charge in [-0.25, -0.2) is 13.2 Å². The fourth-order valence-corrected chi connectivity index (χ4v) is 3.17. The average Bonchev–Trinajstić information content (AvgIpc) is 2.71. The lowest BCUT2D eigenvalue weighted by atomic mass is 9.99. The first kappa shape index (κ1) is 21.8. The molecule has 1 amide bonds. The molecule has 0 aromatic heterocycles. The number of aliphatic hydroxyl groups excluding tert-OH is 1. The monoisotopic (exact) mass is 426 g/mol. The summed E-state index contributed by atoms with van der Waals surface area (Å²) in [6.07, 6.45) is -0.00887. The molecular formula is C21H19F5N2O2. The van der Waals surface area contributed by atoms with E-state index in [0.29, 0.717) is 6.07 Å². The number of likely N-dealkylation sites (tertiary alicyclic amines) is 1. The molecule has 0 atom stereocenters. The number of hydrogen-bond acceptors (Lipinski definition) is 3. The number of nitrogens with one attached hydrogen (secondary N) is 1. The molecule has 0 saturated carbocycles. The van der Waals surface area contributed by atoms with Gasteiger partial charge in [0.25, 0.3) is 5.91 Å². The SMILES string of the molecule is C=C(N1CCC(O)CC1)C(F)(F)c1cc(C(=O)Nc2ccc(F)c(F)c2)ccc1F. The van der Waals surface area contributed by atoms with Crippen LogP contribution in [0.25, 0.3) is 0 Å². The highest BCUT2D eigenvalue weighted by molar-refractivity contribution is 6.04. The molecule has 30 heavy (non-hydrogen) atoms. The van der Waals surface area contributed by atoms with E-state index in [9.17, 15) is 31.9 Å². The van der Waals surface area contributed by atoms with Crippen molar-refractivity contribution in [2.75, 3.05) is 18.4 Å². The smallest absolute Gasteiger partial charge is 0.314 e. The normalized spacial score (nSPS) is 15.2. The first-order valence-corrected chi connectivity index (χ1v) is 9.16. The number of benzene rings is 2. The molecule has 0 bridgehead atoms. The van der Waals surface area contributed by atoms with Crippen LogP contribution >= 0.6 is 0 Å². The largest absolute Gasteiger partial charge is 0.393 e. The van der Waals surface area contributed by atoms with Gasteiger partial charge in [-0.3, -0.25) is 4.79 Å². The summed E-state index contributed by atoms with van der Waals surface area (Å²) in [6.45, 7) is 3.70. The molecule has 2 aromatic carbocycles. The van der Waals surface area contributed by atoms with Crippen LogP contribution in [-0.2, 0) is 5.92 Å². The molecule has 1 saturated heterocycles. The second kappa shape index (κ2) is 8.43. The zero-order chi connectivity index (χ0) is 22.1. The van der Waals surface area contributed by atoms with E-state index >= 15 is 0 Å². The van der Waals surface area contributed by atoms with Crippen LogP contribution in [-0.4, -0.2) is 35.1 Å². The zero-order valence-corrected chi connectivity index (χ0v) is 15.8. The minimum atomic E-state index is -3.80. The van der Waals surface area contributed by atoms with Crippen molar-refractivity contribution < 1.29 is 31.9 Å². The number of piperidine rings is 1. The molecule has 2 aromatic rings. The minimum Gasteiger partial charge on any atom is -0.393 e. The van der Waals surface area contributed by atoms with Crippen molar-refractivity contribution in [3.63, 3.8) is 0 Å². The van der Waals surface area contributed by atoms with E-state index in [1.807, 2.05) is 0 Å². The first-order chi connectivity index (χ1) is 14.1. The van der Waals surface area contributed by atoms with Crippen LogP contribution in [0.3, 0.4) is 0 Å². The summed E-state index contributed by atoms with van der Waals surface area (Å²) in [5, 5.41) is 11.8. The molecule has 0 radical (unpaired) electrons. The number of carbonyl (C=O) groups excluding carboxylic acids is 1. The summed E-state index contributed by atoms with van der Waals surface area (Å²) < 4.78 is 70.5. The molecule has 0 aliphatic carbocycles. The van der Waals surface area contributed by atoms with E-state index in [0.717, 1.165) is 30.3 Å². The van der Waals surface area contributed by atoms with Gasteiger partial charge in [-0.15, -0.1) is 0 Å². The Morgan fingerprint density at radius 1 is 1.03 bits per heavy atom. The topological polar surface area (TPSA) is 52.6 Å². The lowest BCUT2D eigenvalue weighted by Crippen LogP contribution is -2.40. The molecule has 1 aliphatic heterocycles. The van der Waals surface area contributed by atoms with Crippen LogP contribution in [0.5, 0.6) is 0 Å². The number of amides is 1. The van der Waals surface area contributed by atoms with E-state index in [2.05, 4.69) is 11.9 Å². The van der Waals surface area contributed by atoms with Crippen molar-refractivity contribution in [1.82, 2.24) is 4.90 Å². The maximum Gasteiger partial charge on any atom is 0.314 e. The molecule has 1 aliphatic rings. The van der Waals surface area contributed by atoms with Crippen LogP contribution < -0.4 is 5.32 Å². The second-order valence-electron chi connectivity index (χ2n) is 7.02. The summed E-state index contributed by atoms with van der Waals surface area (Å²) in [5.74, 6) is -8.22. The number of nitrogens with zero attached hydrogens (tertiary/aromatic N) is 1. The Bertz CT molecular complexity index is 972. The third-order valence-corrected chi connectivity index (χ3v) is 4.95. The number of anilines is 1. The molecular weight excluding hydrogens is 407 g/mol. The number of alkyl halides is 2. The second-order valence-corrected chi connectivity index (χ2v) is 7.02. The standard InChI is InChI=1S/C21H19F5N2O2/c1-12(28-8-6-15(29)7-9-28)21(25,26)16-10-13(2-4-17(16)22)20(30)27-14-3-5-18(23)19(24)11-14/h2-5,10-11,15,29H,1,6-9H2,(H,27,30). The highest BCUT2D eigenvalue weighted by atomic mass is 19.3. The summed E-state index contributed by atoms with van der Waals surface area (Å²) in [6, 6.07) is 5.07. The average molecular weight is 426 g/mol. The van der Waals surface area contributed by atoms with Crippen LogP contribution in [0.2, 0.25) is 0 Å². The minimum absolute atomic E-state index is 0.0900. The Hall–Kier alpha value is -2.94. The van der Waals surface area contributed by atoms with Gasteiger partial charge in [0.1, 0.15) is 5.82 Å². The van der Waals surface area contributed by atoms with Crippen LogP contribution in [0.15, 0.2) is 48.7 Å². The molecule has 160 valence electrons. The molecule has 4 nitrogen and oxygen atoms in total. The van der Waals surface area contributed by atoms with Gasteiger partial charge in [-0.1, -0.05) is 6.58 Å². The van der Waals surface area contributed by atoms with Gasteiger partial charge >= 0.3 is 5.92 Å². The maximum absolute atomic E-state index is 15.0. The van der Waals surface area contributed by atoms with Crippen molar-refractivity contribution in [3.8, 4) is 0 Å². The van der Waals surface area contributed by atoms with E-state index in [4.69, 9.17) is 0 Å². The van der Waals surface area contributed by atoms with Gasteiger partial charge in [0.15, 0.2) is 11.6 Å². The number of rotatable bonds is 5. The third-order valence-electron chi connectivity index (χ3n) is 4.95. The summed E-state index contributed by atoms with van der Waals surface area (Å²) in [7, 11) is 0. The van der Waals surface area contributed by atoms with Gasteiger partial charge < -0.3 is 15.3 Å². The molecule has 9 heteroatoms. The van der Waals surface area contributed by atoms with Gasteiger partial charge in [-0.2, -0.15) is 8.78 Å². The molecule has 1 fully saturated rings. The van der Waals surface area contributed by atoms with Crippen LogP contribution in [0.4, 0.5) is 27.6 Å². The summed E-state index contributed by atoms with van der Waals surface area (Å²) >= 11 is 0. The Morgan fingerprint density at radius 3 is 2.30 bits per heavy atom. The molecule has 1 heterocycles. The predicted molar refractivity (Wildman–Crippen MR) is 101 cm³/mol. The zero-order valence-electron chi connectivity index (χ0n) is 15.8. The van der Waals surface area contributed by atoms with Crippen molar-refractivity contribution in [1.29, 1.82) is 0 Å². The van der Waals surface area contributed by atoms with E-state index in [-0.39, 0.29) is 37.2 Å². The van der Waals surface area contributed by atoms with E-state index in [1.165, 1.54) is 4.90 Å². The highest BCUT2D eigenvalue weighted by Crippen LogP contribution is 2.39. The van der Waals surface area contributed by atoms with Crippen LogP contribution in [0.1, 0.15) is 28.8 Å². The number of hydrogen-bond donors (Lipinski definition) is 2. The number of carbonyl (C=O) groups is 1. The highest BCUT2D eigenvalue weighted by Gasteiger charge is 2.41. The lowest BCUT2D eigenvalue weighted by Gasteiger charge is -2.36. The molecule has 2 N–H and O–H groups in total. The van der Waals surface area contributed by atoms with Crippen LogP contribution in [0, 0.1) is 17.5 Å². The first-order valence-electron chi connectivity index (χ1n) is 9.16. The van der Waals surface area contributed by atoms with Gasteiger partial charge in [0.2, 0.25) is 0 Å². The summed E-state index contributed by atoms with van der Waals surface area (Å²) in [5.41, 5.74) is -2.05. The molecule has 0 spiro atoms. The fraction of sp³-hybridized carbons (Fsp3) is 0.286. The maximum atomic E-state index is 15.0. The third kappa shape index (κ3) is 4.46. The Balaban J connectivity index is 1.83.